The number of hydrogen-bond acceptors (Lipinski definition) is 8. The summed E-state index contributed by atoms with van der Waals surface area (Å²) in [6, 6.07) is 9.45. The first kappa shape index (κ1) is 24.3. The Morgan fingerprint density at radius 2 is 1.57 bits per heavy atom. The minimum Gasteiger partial charge on any atom is -0.507 e. The van der Waals surface area contributed by atoms with Crippen LogP contribution in [0.2, 0.25) is 0 Å². The van der Waals surface area contributed by atoms with Gasteiger partial charge in [-0.25, -0.2) is 4.98 Å². The number of benzene rings is 2. The Kier molecular flexibility index (Phi) is 6.53. The van der Waals surface area contributed by atoms with Gasteiger partial charge in [0.25, 0.3) is 5.78 Å². The van der Waals surface area contributed by atoms with E-state index in [1.807, 2.05) is 32.9 Å². The zero-order chi connectivity index (χ0) is 25.4. The molecular formula is C26H26N2O6S. The van der Waals surface area contributed by atoms with Crippen LogP contribution in [0.25, 0.3) is 5.76 Å². The van der Waals surface area contributed by atoms with E-state index in [-0.39, 0.29) is 11.3 Å². The van der Waals surface area contributed by atoms with Gasteiger partial charge in [-0.1, -0.05) is 29.8 Å². The number of aliphatic hydroxyl groups is 1. The number of Topliss-reactive ketones (excluding diaryl/α,β-unsaturated/α-hetero) is 1. The molecule has 9 heteroatoms. The first-order chi connectivity index (χ1) is 16.7. The van der Waals surface area contributed by atoms with Crippen molar-refractivity contribution >= 4 is 33.9 Å². The Morgan fingerprint density at radius 3 is 2.06 bits per heavy atom. The first-order valence-corrected chi connectivity index (χ1v) is 11.6. The van der Waals surface area contributed by atoms with E-state index in [0.717, 1.165) is 16.1 Å². The Balaban J connectivity index is 2.01. The van der Waals surface area contributed by atoms with Gasteiger partial charge in [-0.15, -0.1) is 11.3 Å². The number of aryl methyl sites for hydroxylation is 3. The summed E-state index contributed by atoms with van der Waals surface area (Å²) < 4.78 is 16.4. The lowest BCUT2D eigenvalue weighted by Gasteiger charge is -2.24. The zero-order valence-electron chi connectivity index (χ0n) is 20.3. The maximum absolute atomic E-state index is 13.4. The molecule has 8 nitrogen and oxygen atoms in total. The summed E-state index contributed by atoms with van der Waals surface area (Å²) in [5.41, 5.74) is 2.64. The van der Waals surface area contributed by atoms with Crippen molar-refractivity contribution in [1.29, 1.82) is 0 Å². The van der Waals surface area contributed by atoms with Gasteiger partial charge in [0.2, 0.25) is 5.75 Å². The van der Waals surface area contributed by atoms with Crippen LogP contribution in [0.5, 0.6) is 17.2 Å². The quantitative estimate of drug-likeness (QED) is 0.301. The van der Waals surface area contributed by atoms with Crippen molar-refractivity contribution in [2.75, 3.05) is 26.2 Å². The number of anilines is 1. The highest BCUT2D eigenvalue weighted by atomic mass is 32.1. The van der Waals surface area contributed by atoms with E-state index < -0.39 is 17.7 Å². The molecule has 1 N–H and O–H groups in total. The molecule has 1 aliphatic heterocycles. The standard InChI is InChI=1S/C26H26N2O6S/c1-13-7-9-16(10-8-13)22(29)20-21(17-11-18(32-4)24(34-6)19(12-17)33-5)28(25(31)23(20)30)26-27-14(2)15(3)35-26/h7-12,21,29H,1-6H3/t21-/m0/s1. The normalized spacial score (nSPS) is 17.1. The lowest BCUT2D eigenvalue weighted by atomic mass is 9.94. The monoisotopic (exact) mass is 494 g/mol. The molecule has 1 amide bonds. The molecule has 2 aromatic carbocycles. The van der Waals surface area contributed by atoms with Crippen LogP contribution in [-0.4, -0.2) is 43.1 Å². The fraction of sp³-hybridized carbons (Fsp3) is 0.269. The van der Waals surface area contributed by atoms with Crippen LogP contribution < -0.4 is 19.1 Å². The minimum atomic E-state index is -0.963. The van der Waals surface area contributed by atoms with Crippen LogP contribution in [0.4, 0.5) is 5.13 Å². The van der Waals surface area contributed by atoms with Gasteiger partial charge in [0.05, 0.1) is 38.6 Å². The number of aromatic nitrogens is 1. The highest BCUT2D eigenvalue weighted by Gasteiger charge is 2.48. The maximum Gasteiger partial charge on any atom is 0.301 e. The van der Waals surface area contributed by atoms with Crippen LogP contribution >= 0.6 is 11.3 Å². The minimum absolute atomic E-state index is 0.0429. The Morgan fingerprint density at radius 1 is 0.971 bits per heavy atom. The predicted octanol–water partition coefficient (Wildman–Crippen LogP) is 4.72. The first-order valence-electron chi connectivity index (χ1n) is 10.8. The van der Waals surface area contributed by atoms with Crippen LogP contribution in [0.3, 0.4) is 0 Å². The van der Waals surface area contributed by atoms with Crippen LogP contribution in [0.15, 0.2) is 42.0 Å². The number of methoxy groups -OCH3 is 3. The van der Waals surface area contributed by atoms with E-state index in [9.17, 15) is 14.7 Å². The highest BCUT2D eigenvalue weighted by Crippen LogP contribution is 2.47. The Hall–Kier alpha value is -3.85. The van der Waals surface area contributed by atoms with Crippen molar-refractivity contribution in [2.24, 2.45) is 0 Å². The topological polar surface area (TPSA) is 98.2 Å². The van der Waals surface area contributed by atoms with Gasteiger partial charge < -0.3 is 19.3 Å². The SMILES string of the molecule is COc1cc([C@H]2C(=C(O)c3ccc(C)cc3)C(=O)C(=O)N2c2nc(C)c(C)s2)cc(OC)c1OC. The summed E-state index contributed by atoms with van der Waals surface area (Å²) in [6.07, 6.45) is 0. The van der Waals surface area contributed by atoms with Gasteiger partial charge in [0, 0.05) is 10.4 Å². The highest BCUT2D eigenvalue weighted by molar-refractivity contribution is 7.16. The molecule has 0 saturated carbocycles. The third-order valence-electron chi connectivity index (χ3n) is 6.00. The number of ether oxygens (including phenoxy) is 3. The van der Waals surface area contributed by atoms with Crippen molar-refractivity contribution < 1.29 is 28.9 Å². The van der Waals surface area contributed by atoms with Crippen LogP contribution in [0.1, 0.15) is 33.3 Å². The van der Waals surface area contributed by atoms with E-state index in [1.165, 1.54) is 37.6 Å². The number of nitrogens with zero attached hydrogens (tertiary/aromatic N) is 2. The van der Waals surface area contributed by atoms with Gasteiger partial charge in [-0.3, -0.25) is 14.5 Å². The molecule has 182 valence electrons. The molecule has 3 aromatic rings. The molecule has 35 heavy (non-hydrogen) atoms. The molecule has 0 aliphatic carbocycles. The summed E-state index contributed by atoms with van der Waals surface area (Å²) in [7, 11) is 4.46. The zero-order valence-corrected chi connectivity index (χ0v) is 21.1. The second kappa shape index (κ2) is 9.42. The molecule has 0 radical (unpaired) electrons. The average molecular weight is 495 g/mol. The number of thiazole rings is 1. The average Bonchev–Trinajstić information content (AvgIpc) is 3.32. The maximum atomic E-state index is 13.4. The molecule has 0 bridgehead atoms. The van der Waals surface area contributed by atoms with Gasteiger partial charge in [0.1, 0.15) is 5.76 Å². The summed E-state index contributed by atoms with van der Waals surface area (Å²) in [5, 5.41) is 11.6. The van der Waals surface area contributed by atoms with Gasteiger partial charge in [-0.05, 0) is 38.5 Å². The third kappa shape index (κ3) is 4.12. The third-order valence-corrected chi connectivity index (χ3v) is 7.07. The van der Waals surface area contributed by atoms with Crippen molar-refractivity contribution in [3.05, 3.63) is 69.2 Å². The van der Waals surface area contributed by atoms with Crippen LogP contribution in [-0.2, 0) is 9.59 Å². The summed E-state index contributed by atoms with van der Waals surface area (Å²) in [6.45, 7) is 5.66. The van der Waals surface area contributed by atoms with Gasteiger partial charge in [-0.2, -0.15) is 0 Å². The lowest BCUT2D eigenvalue weighted by molar-refractivity contribution is -0.132. The van der Waals surface area contributed by atoms with E-state index in [0.29, 0.717) is 33.5 Å². The number of ketones is 1. The van der Waals surface area contributed by atoms with Gasteiger partial charge >= 0.3 is 5.91 Å². The lowest BCUT2D eigenvalue weighted by Crippen LogP contribution is -2.29. The van der Waals surface area contributed by atoms with E-state index >= 15 is 0 Å². The van der Waals surface area contributed by atoms with Gasteiger partial charge in [0.15, 0.2) is 16.6 Å². The summed E-state index contributed by atoms with van der Waals surface area (Å²) in [4.78, 5) is 33.5. The predicted molar refractivity (Wildman–Crippen MR) is 134 cm³/mol. The number of carbonyl (C=O) groups excluding carboxylic acids is 2. The fourth-order valence-electron chi connectivity index (χ4n) is 4.03. The number of rotatable bonds is 6. The molecular weight excluding hydrogens is 468 g/mol. The number of hydrogen-bond donors (Lipinski definition) is 1. The second-order valence-electron chi connectivity index (χ2n) is 8.13. The summed E-state index contributed by atoms with van der Waals surface area (Å²) in [5.74, 6) is -0.758. The van der Waals surface area contributed by atoms with E-state index in [2.05, 4.69) is 4.98 Å². The number of carbonyl (C=O) groups is 2. The molecule has 1 atom stereocenters. The Labute approximate surface area is 207 Å². The smallest absolute Gasteiger partial charge is 0.301 e. The van der Waals surface area contributed by atoms with Crippen molar-refractivity contribution in [3.8, 4) is 17.2 Å². The van der Waals surface area contributed by atoms with Crippen LogP contribution in [0, 0.1) is 20.8 Å². The Bertz CT molecular complexity index is 1300. The van der Waals surface area contributed by atoms with Crippen molar-refractivity contribution in [2.45, 2.75) is 26.8 Å². The number of amides is 1. The largest absolute Gasteiger partial charge is 0.507 e. The molecule has 1 aliphatic rings. The molecule has 4 rings (SSSR count). The molecule has 0 spiro atoms. The van der Waals surface area contributed by atoms with Crippen molar-refractivity contribution in [3.63, 3.8) is 0 Å². The number of aliphatic hydroxyl groups excluding tert-OH is 1. The fourth-order valence-corrected chi connectivity index (χ4v) is 4.97. The molecule has 1 saturated heterocycles. The second-order valence-corrected chi connectivity index (χ2v) is 9.31. The molecule has 1 aromatic heterocycles. The molecule has 1 fully saturated rings. The van der Waals surface area contributed by atoms with E-state index in [4.69, 9.17) is 14.2 Å². The summed E-state index contributed by atoms with van der Waals surface area (Å²) >= 11 is 1.31. The van der Waals surface area contributed by atoms with E-state index in [1.54, 1.807) is 24.3 Å². The molecule has 2 heterocycles. The van der Waals surface area contributed by atoms with Crippen molar-refractivity contribution in [1.82, 2.24) is 4.98 Å². The molecule has 0 unspecified atom stereocenters.